The largest absolute Gasteiger partial charge is 0.462 e. The van der Waals surface area contributed by atoms with Crippen LogP contribution in [0.2, 0.25) is 0 Å². The second-order valence-electron chi connectivity index (χ2n) is 3.03. The molecule has 0 aliphatic heterocycles. The molecule has 0 amide bonds. The van der Waals surface area contributed by atoms with Gasteiger partial charge in [0.05, 0.1) is 17.7 Å². The van der Waals surface area contributed by atoms with Gasteiger partial charge in [0.25, 0.3) is 0 Å². The lowest BCUT2D eigenvalue weighted by molar-refractivity contribution is -0.138. The molecule has 0 spiro atoms. The van der Waals surface area contributed by atoms with E-state index in [-0.39, 0.29) is 21.1 Å². The Hall–Kier alpha value is -0.560. The highest BCUT2D eigenvalue weighted by Gasteiger charge is 2.34. The first kappa shape index (κ1) is 14.5. The number of hydrogen-bond donors (Lipinski definition) is 0. The number of rotatable bonds is 2. The molecule has 7 heteroatoms. The first-order chi connectivity index (χ1) is 7.77. The molecule has 1 rings (SSSR count). The average molecular weight is 376 g/mol. The molecule has 0 fully saturated rings. The van der Waals surface area contributed by atoms with Crippen LogP contribution in [0.5, 0.6) is 0 Å². The number of carbonyl (C=O) groups excluding carboxylic acids is 1. The first-order valence-corrected chi connectivity index (χ1v) is 6.09. The van der Waals surface area contributed by atoms with Gasteiger partial charge >= 0.3 is 12.1 Å². The molecule has 0 unspecified atom stereocenters. The maximum absolute atomic E-state index is 12.6. The van der Waals surface area contributed by atoms with Crippen molar-refractivity contribution in [2.24, 2.45) is 0 Å². The van der Waals surface area contributed by atoms with Crippen LogP contribution in [-0.2, 0) is 10.9 Å². The van der Waals surface area contributed by atoms with Gasteiger partial charge in [-0.05, 0) is 35.0 Å². The summed E-state index contributed by atoms with van der Waals surface area (Å²) in [4.78, 5) is 11.4. The predicted octanol–water partition coefficient (Wildman–Crippen LogP) is 4.41. The van der Waals surface area contributed by atoms with Gasteiger partial charge in [0.1, 0.15) is 0 Å². The molecule has 0 bridgehead atoms. The molecule has 0 saturated heterocycles. The van der Waals surface area contributed by atoms with E-state index in [0.29, 0.717) is 0 Å². The summed E-state index contributed by atoms with van der Waals surface area (Å²) in [6.07, 6.45) is -4.53. The van der Waals surface area contributed by atoms with Gasteiger partial charge in [-0.25, -0.2) is 4.79 Å². The molecule has 0 heterocycles. The number of hydrogen-bond acceptors (Lipinski definition) is 2. The fraction of sp³-hybridized carbons (Fsp3) is 0.300. The van der Waals surface area contributed by atoms with Crippen LogP contribution in [0.15, 0.2) is 21.1 Å². The summed E-state index contributed by atoms with van der Waals surface area (Å²) in [5, 5.41) is 0. The van der Waals surface area contributed by atoms with Crippen LogP contribution in [0, 0.1) is 0 Å². The third-order valence-electron chi connectivity index (χ3n) is 1.86. The molecule has 0 saturated carbocycles. The molecule has 0 N–H and O–H groups in total. The highest BCUT2D eigenvalue weighted by Crippen LogP contribution is 2.37. The van der Waals surface area contributed by atoms with Crippen molar-refractivity contribution in [3.8, 4) is 0 Å². The van der Waals surface area contributed by atoms with Crippen molar-refractivity contribution in [2.45, 2.75) is 13.1 Å². The molecule has 1 aromatic rings. The third kappa shape index (κ3) is 3.45. The minimum absolute atomic E-state index is 0.0999. The van der Waals surface area contributed by atoms with Gasteiger partial charge in [-0.2, -0.15) is 13.2 Å². The Morgan fingerprint density at radius 1 is 1.29 bits per heavy atom. The van der Waals surface area contributed by atoms with Gasteiger partial charge in [-0.15, -0.1) is 0 Å². The second kappa shape index (κ2) is 5.39. The minimum atomic E-state index is -4.53. The number of esters is 1. The van der Waals surface area contributed by atoms with E-state index in [0.717, 1.165) is 6.07 Å². The van der Waals surface area contributed by atoms with Gasteiger partial charge in [0.2, 0.25) is 0 Å². The predicted molar refractivity (Wildman–Crippen MR) is 62.8 cm³/mol. The zero-order chi connectivity index (χ0) is 13.2. The molecule has 0 aliphatic carbocycles. The molecular weight excluding hydrogens is 369 g/mol. The van der Waals surface area contributed by atoms with Crippen LogP contribution < -0.4 is 0 Å². The zero-order valence-corrected chi connectivity index (χ0v) is 11.7. The molecule has 0 aliphatic rings. The minimum Gasteiger partial charge on any atom is -0.462 e. The van der Waals surface area contributed by atoms with Crippen LogP contribution in [0.4, 0.5) is 13.2 Å². The van der Waals surface area contributed by atoms with E-state index in [2.05, 4.69) is 36.6 Å². The Morgan fingerprint density at radius 3 is 2.35 bits per heavy atom. The number of carbonyl (C=O) groups is 1. The van der Waals surface area contributed by atoms with Crippen molar-refractivity contribution in [1.29, 1.82) is 0 Å². The summed E-state index contributed by atoms with van der Waals surface area (Å²) in [7, 11) is 0. The highest BCUT2D eigenvalue weighted by molar-refractivity contribution is 9.11. The maximum Gasteiger partial charge on any atom is 0.417 e. The van der Waals surface area contributed by atoms with E-state index >= 15 is 0 Å². The van der Waals surface area contributed by atoms with E-state index < -0.39 is 17.7 Å². The molecule has 0 aromatic heterocycles. The summed E-state index contributed by atoms with van der Waals surface area (Å²) in [5.41, 5.74) is -1.06. The van der Waals surface area contributed by atoms with Crippen molar-refractivity contribution in [1.82, 2.24) is 0 Å². The average Bonchev–Trinajstić information content (AvgIpc) is 2.15. The summed E-state index contributed by atoms with van der Waals surface area (Å²) in [6.45, 7) is 1.68. The number of benzene rings is 1. The van der Waals surface area contributed by atoms with E-state index in [9.17, 15) is 18.0 Å². The van der Waals surface area contributed by atoms with Crippen molar-refractivity contribution in [2.75, 3.05) is 6.61 Å². The van der Waals surface area contributed by atoms with Crippen LogP contribution in [0.3, 0.4) is 0 Å². The Bertz CT molecular complexity index is 444. The topological polar surface area (TPSA) is 26.3 Å². The Morgan fingerprint density at radius 2 is 1.88 bits per heavy atom. The second-order valence-corrected chi connectivity index (χ2v) is 4.74. The zero-order valence-electron chi connectivity index (χ0n) is 8.57. The third-order valence-corrected chi connectivity index (χ3v) is 3.17. The highest BCUT2D eigenvalue weighted by atomic mass is 79.9. The quantitative estimate of drug-likeness (QED) is 0.716. The molecular formula is C10H7Br2F3O2. The lowest BCUT2D eigenvalue weighted by Crippen LogP contribution is -2.11. The fourth-order valence-corrected chi connectivity index (χ4v) is 2.51. The Kier molecular flexibility index (Phi) is 4.60. The van der Waals surface area contributed by atoms with Gasteiger partial charge < -0.3 is 4.74 Å². The number of ether oxygens (including phenoxy) is 1. The molecule has 0 atom stereocenters. The number of alkyl halides is 3. The first-order valence-electron chi connectivity index (χ1n) is 4.50. The molecule has 2 nitrogen and oxygen atoms in total. The molecule has 94 valence electrons. The van der Waals surface area contributed by atoms with Gasteiger partial charge in [-0.3, -0.25) is 0 Å². The molecule has 1 aromatic carbocycles. The lowest BCUT2D eigenvalue weighted by atomic mass is 10.1. The summed E-state index contributed by atoms with van der Waals surface area (Å²) in [6, 6.07) is 1.93. The maximum atomic E-state index is 12.6. The van der Waals surface area contributed by atoms with Crippen LogP contribution in [0.1, 0.15) is 22.8 Å². The summed E-state index contributed by atoms with van der Waals surface area (Å²) >= 11 is 5.82. The standard InChI is InChI=1S/C10H7Br2F3O2/c1-2-17-9(16)5-3-6(10(13,14)15)8(12)4-7(5)11/h3-4H,2H2,1H3. The smallest absolute Gasteiger partial charge is 0.417 e. The van der Waals surface area contributed by atoms with E-state index in [1.54, 1.807) is 6.92 Å². The summed E-state index contributed by atoms with van der Waals surface area (Å²) < 4.78 is 42.6. The van der Waals surface area contributed by atoms with Gasteiger partial charge in [0, 0.05) is 8.95 Å². The van der Waals surface area contributed by atoms with Crippen molar-refractivity contribution >= 4 is 37.8 Å². The van der Waals surface area contributed by atoms with Crippen molar-refractivity contribution in [3.05, 3.63) is 32.2 Å². The van der Waals surface area contributed by atoms with E-state index in [1.807, 2.05) is 0 Å². The lowest BCUT2D eigenvalue weighted by Gasteiger charge is -2.12. The van der Waals surface area contributed by atoms with Crippen LogP contribution >= 0.6 is 31.9 Å². The van der Waals surface area contributed by atoms with E-state index in [4.69, 9.17) is 0 Å². The molecule has 0 radical (unpaired) electrons. The normalized spacial score (nSPS) is 11.4. The van der Waals surface area contributed by atoms with Crippen molar-refractivity contribution in [3.63, 3.8) is 0 Å². The van der Waals surface area contributed by atoms with Crippen LogP contribution in [0.25, 0.3) is 0 Å². The van der Waals surface area contributed by atoms with Crippen LogP contribution in [-0.4, -0.2) is 12.6 Å². The van der Waals surface area contributed by atoms with E-state index in [1.165, 1.54) is 6.07 Å². The fourth-order valence-electron chi connectivity index (χ4n) is 1.13. The van der Waals surface area contributed by atoms with Crippen molar-refractivity contribution < 1.29 is 22.7 Å². The summed E-state index contributed by atoms with van der Waals surface area (Å²) in [5.74, 6) is -0.794. The Balaban J connectivity index is 3.29. The molecule has 17 heavy (non-hydrogen) atoms. The monoisotopic (exact) mass is 374 g/mol. The van der Waals surface area contributed by atoms with Gasteiger partial charge in [-0.1, -0.05) is 15.9 Å². The van der Waals surface area contributed by atoms with Gasteiger partial charge in [0.15, 0.2) is 0 Å². The SMILES string of the molecule is CCOC(=O)c1cc(C(F)(F)F)c(Br)cc1Br. The Labute approximate surface area is 112 Å². The number of halogens is 5.